The van der Waals surface area contributed by atoms with Gasteiger partial charge in [-0.05, 0) is 75.0 Å². The molecule has 1 aliphatic rings. The molecule has 5 aromatic rings. The Hall–Kier alpha value is -3.90. The molecule has 0 aliphatic heterocycles. The molecule has 0 atom stereocenters. The van der Waals surface area contributed by atoms with Crippen LogP contribution in [-0.2, 0) is 6.42 Å². The van der Waals surface area contributed by atoms with Gasteiger partial charge in [0.1, 0.15) is 0 Å². The van der Waals surface area contributed by atoms with Crippen molar-refractivity contribution in [3.63, 3.8) is 0 Å². The molecule has 0 heteroatoms. The van der Waals surface area contributed by atoms with E-state index in [-0.39, 0.29) is 0 Å². The highest BCUT2D eigenvalue weighted by Gasteiger charge is 2.21. The predicted molar refractivity (Wildman–Crippen MR) is 136 cm³/mol. The predicted octanol–water partition coefficient (Wildman–Crippen LogP) is 8.57. The van der Waals surface area contributed by atoms with E-state index in [0.717, 1.165) is 6.42 Å². The van der Waals surface area contributed by atoms with Crippen molar-refractivity contribution < 1.29 is 0 Å². The largest absolute Gasteiger partial charge is 0.0622 e. The monoisotopic (exact) mass is 408 g/mol. The second-order valence-electron chi connectivity index (χ2n) is 8.69. The van der Waals surface area contributed by atoms with Gasteiger partial charge in [-0.15, -0.1) is 0 Å². The first-order valence-corrected chi connectivity index (χ1v) is 11.2. The molecule has 0 spiro atoms. The first-order valence-electron chi connectivity index (χ1n) is 11.2. The highest BCUT2D eigenvalue weighted by molar-refractivity contribution is 5.86. The van der Waals surface area contributed by atoms with E-state index in [2.05, 4.69) is 122 Å². The van der Waals surface area contributed by atoms with Gasteiger partial charge in [0.05, 0.1) is 0 Å². The summed E-state index contributed by atoms with van der Waals surface area (Å²) in [6, 6.07) is 42.0. The zero-order chi connectivity index (χ0) is 21.5. The molecule has 32 heavy (non-hydrogen) atoms. The van der Waals surface area contributed by atoms with Gasteiger partial charge in [-0.3, -0.25) is 0 Å². The van der Waals surface area contributed by atoms with Crippen LogP contribution in [0.5, 0.6) is 0 Å². The van der Waals surface area contributed by atoms with Crippen molar-refractivity contribution in [3.8, 4) is 44.5 Å². The lowest BCUT2D eigenvalue weighted by atomic mass is 9.93. The maximum absolute atomic E-state index is 2.33. The van der Waals surface area contributed by atoms with Crippen molar-refractivity contribution in [1.29, 1.82) is 0 Å². The van der Waals surface area contributed by atoms with Crippen molar-refractivity contribution in [3.05, 3.63) is 132 Å². The lowest BCUT2D eigenvalue weighted by molar-refractivity contribution is 1.26. The summed E-state index contributed by atoms with van der Waals surface area (Å²) in [4.78, 5) is 0. The van der Waals surface area contributed by atoms with Crippen LogP contribution in [0.1, 0.15) is 16.7 Å². The molecule has 0 radical (unpaired) electrons. The molecule has 6 rings (SSSR count). The highest BCUT2D eigenvalue weighted by Crippen LogP contribution is 2.42. The van der Waals surface area contributed by atoms with Gasteiger partial charge in [-0.1, -0.05) is 115 Å². The minimum absolute atomic E-state index is 1.01. The second kappa shape index (κ2) is 7.66. The maximum Gasteiger partial charge on any atom is -0.000728 e. The number of rotatable bonds is 3. The summed E-state index contributed by atoms with van der Waals surface area (Å²) in [6.07, 6.45) is 1.01. The Labute approximate surface area is 189 Å². The standard InChI is InChI=1S/C32H24/c1-22-13-14-28-21-32-29(11-6-12-30(32)31(28)19-22)27-10-5-9-26(20-27)25-17-15-24(16-18-25)23-7-3-2-4-8-23/h2-20H,21H2,1H3. The van der Waals surface area contributed by atoms with E-state index in [4.69, 9.17) is 0 Å². The van der Waals surface area contributed by atoms with Crippen molar-refractivity contribution in [2.45, 2.75) is 13.3 Å². The Morgan fingerprint density at radius 1 is 0.438 bits per heavy atom. The molecule has 0 bridgehead atoms. The molecule has 0 aromatic heterocycles. The van der Waals surface area contributed by atoms with Crippen LogP contribution < -0.4 is 0 Å². The normalized spacial score (nSPS) is 11.8. The minimum atomic E-state index is 1.01. The molecule has 0 fully saturated rings. The molecule has 0 saturated heterocycles. The van der Waals surface area contributed by atoms with Gasteiger partial charge in [0, 0.05) is 0 Å². The molecular formula is C32H24. The van der Waals surface area contributed by atoms with E-state index in [9.17, 15) is 0 Å². The van der Waals surface area contributed by atoms with Crippen LogP contribution in [0, 0.1) is 6.92 Å². The van der Waals surface area contributed by atoms with E-state index in [1.54, 1.807) is 0 Å². The van der Waals surface area contributed by atoms with Crippen LogP contribution in [0.4, 0.5) is 0 Å². The number of fused-ring (bicyclic) bond motifs is 3. The van der Waals surface area contributed by atoms with Crippen LogP contribution in [0.3, 0.4) is 0 Å². The molecule has 5 aromatic carbocycles. The van der Waals surface area contributed by atoms with Crippen molar-refractivity contribution in [2.24, 2.45) is 0 Å². The van der Waals surface area contributed by atoms with Gasteiger partial charge < -0.3 is 0 Å². The summed E-state index contributed by atoms with van der Waals surface area (Å²) in [5.41, 5.74) is 14.6. The summed E-state index contributed by atoms with van der Waals surface area (Å²) in [6.45, 7) is 2.18. The van der Waals surface area contributed by atoms with Crippen LogP contribution in [0.25, 0.3) is 44.5 Å². The Morgan fingerprint density at radius 3 is 1.88 bits per heavy atom. The fraction of sp³-hybridized carbons (Fsp3) is 0.0625. The molecular weight excluding hydrogens is 384 g/mol. The van der Waals surface area contributed by atoms with Gasteiger partial charge in [0.25, 0.3) is 0 Å². The molecule has 0 saturated carbocycles. The molecule has 0 N–H and O–H groups in total. The average molecular weight is 409 g/mol. The van der Waals surface area contributed by atoms with E-state index < -0.39 is 0 Å². The second-order valence-corrected chi connectivity index (χ2v) is 8.69. The summed E-state index contributed by atoms with van der Waals surface area (Å²) in [7, 11) is 0. The molecule has 0 heterocycles. The molecule has 0 unspecified atom stereocenters. The van der Waals surface area contributed by atoms with Crippen LogP contribution in [0.2, 0.25) is 0 Å². The number of hydrogen-bond donors (Lipinski definition) is 0. The maximum atomic E-state index is 2.33. The number of hydrogen-bond acceptors (Lipinski definition) is 0. The van der Waals surface area contributed by atoms with E-state index in [1.165, 1.54) is 61.2 Å². The van der Waals surface area contributed by atoms with Gasteiger partial charge in [0.2, 0.25) is 0 Å². The van der Waals surface area contributed by atoms with Crippen molar-refractivity contribution >= 4 is 0 Å². The SMILES string of the molecule is Cc1ccc2c(c1)-c1cccc(-c3cccc(-c4ccc(-c5ccccc5)cc4)c3)c1C2. The van der Waals surface area contributed by atoms with E-state index in [1.807, 2.05) is 0 Å². The summed E-state index contributed by atoms with van der Waals surface area (Å²) < 4.78 is 0. The van der Waals surface area contributed by atoms with Crippen LogP contribution in [-0.4, -0.2) is 0 Å². The zero-order valence-corrected chi connectivity index (χ0v) is 18.2. The Balaban J connectivity index is 1.38. The third kappa shape index (κ3) is 3.25. The Morgan fingerprint density at radius 2 is 1.06 bits per heavy atom. The first-order chi connectivity index (χ1) is 15.8. The number of aryl methyl sites for hydroxylation is 1. The lowest BCUT2D eigenvalue weighted by Crippen LogP contribution is -1.89. The Bertz CT molecular complexity index is 1420. The first kappa shape index (κ1) is 18.8. The molecule has 0 nitrogen and oxygen atoms in total. The fourth-order valence-corrected chi connectivity index (χ4v) is 4.94. The van der Waals surface area contributed by atoms with Gasteiger partial charge in [-0.25, -0.2) is 0 Å². The topological polar surface area (TPSA) is 0 Å². The summed E-state index contributed by atoms with van der Waals surface area (Å²) >= 11 is 0. The summed E-state index contributed by atoms with van der Waals surface area (Å²) in [5, 5.41) is 0. The lowest BCUT2D eigenvalue weighted by Gasteiger charge is -2.11. The molecule has 152 valence electrons. The molecule has 1 aliphatic carbocycles. The minimum Gasteiger partial charge on any atom is -0.0622 e. The number of benzene rings is 5. The van der Waals surface area contributed by atoms with Crippen LogP contribution >= 0.6 is 0 Å². The third-order valence-electron chi connectivity index (χ3n) is 6.60. The highest BCUT2D eigenvalue weighted by atomic mass is 14.2. The van der Waals surface area contributed by atoms with E-state index >= 15 is 0 Å². The van der Waals surface area contributed by atoms with Crippen molar-refractivity contribution in [2.75, 3.05) is 0 Å². The zero-order valence-electron chi connectivity index (χ0n) is 18.2. The fourth-order valence-electron chi connectivity index (χ4n) is 4.94. The average Bonchev–Trinajstić information content (AvgIpc) is 3.23. The summed E-state index contributed by atoms with van der Waals surface area (Å²) in [5.74, 6) is 0. The molecule has 0 amide bonds. The van der Waals surface area contributed by atoms with Crippen molar-refractivity contribution in [1.82, 2.24) is 0 Å². The van der Waals surface area contributed by atoms with Gasteiger partial charge >= 0.3 is 0 Å². The van der Waals surface area contributed by atoms with Crippen LogP contribution in [0.15, 0.2) is 115 Å². The van der Waals surface area contributed by atoms with Gasteiger partial charge in [0.15, 0.2) is 0 Å². The van der Waals surface area contributed by atoms with E-state index in [0.29, 0.717) is 0 Å². The smallest absolute Gasteiger partial charge is 0.000728 e. The van der Waals surface area contributed by atoms with Gasteiger partial charge in [-0.2, -0.15) is 0 Å². The third-order valence-corrected chi connectivity index (χ3v) is 6.60. The Kier molecular flexibility index (Phi) is 4.51. The quantitative estimate of drug-likeness (QED) is 0.275.